The molecule has 0 bridgehead atoms. The number of nitrogens with one attached hydrogen (secondary N) is 2. The molecular weight excluding hydrogens is 305 g/mol. The summed E-state index contributed by atoms with van der Waals surface area (Å²) in [4.78, 5) is 9.20. The van der Waals surface area contributed by atoms with Crippen molar-refractivity contribution in [2.24, 2.45) is 0 Å². The molecule has 1 aromatic rings. The second-order valence-corrected chi connectivity index (χ2v) is 5.94. The Kier molecular flexibility index (Phi) is 5.58. The number of hydrogen-bond donors (Lipinski definition) is 2. The number of nitro groups is 1. The van der Waals surface area contributed by atoms with Crippen molar-refractivity contribution >= 4 is 21.4 Å². The molecule has 2 N–H and O–H groups in total. The normalized spacial score (nSPS) is 13.0. The van der Waals surface area contributed by atoms with Gasteiger partial charge in [0.1, 0.15) is 4.90 Å². The molecule has 0 amide bonds. The highest BCUT2D eigenvalue weighted by molar-refractivity contribution is 7.89. The third-order valence-electron chi connectivity index (χ3n) is 2.55. The second-order valence-electron chi connectivity index (χ2n) is 4.29. The first kappa shape index (κ1) is 17.3. The molecule has 10 heteroatoms. The Bertz CT molecular complexity index is 635. The van der Waals surface area contributed by atoms with Crippen LogP contribution < -0.4 is 10.0 Å². The minimum atomic E-state index is -4.19. The number of rotatable bonds is 7. The molecule has 0 heterocycles. The van der Waals surface area contributed by atoms with Gasteiger partial charge in [0.05, 0.1) is 23.3 Å². The van der Waals surface area contributed by atoms with Gasteiger partial charge in [-0.1, -0.05) is 0 Å². The molecule has 0 saturated heterocycles. The zero-order valence-electron chi connectivity index (χ0n) is 11.7. The van der Waals surface area contributed by atoms with Crippen LogP contribution in [0, 0.1) is 15.9 Å². The summed E-state index contributed by atoms with van der Waals surface area (Å²) in [5.74, 6) is -1.20. The van der Waals surface area contributed by atoms with Gasteiger partial charge in [0.15, 0.2) is 5.82 Å². The van der Waals surface area contributed by atoms with Crippen LogP contribution in [0.4, 0.5) is 15.8 Å². The van der Waals surface area contributed by atoms with E-state index in [1.165, 1.54) is 14.2 Å². The highest BCUT2D eigenvalue weighted by Gasteiger charge is 2.27. The summed E-state index contributed by atoms with van der Waals surface area (Å²) in [6.45, 7) is 1.64. The van der Waals surface area contributed by atoms with E-state index in [1.54, 1.807) is 6.92 Å². The number of non-ortho nitro benzene ring substituents is 1. The van der Waals surface area contributed by atoms with E-state index in [9.17, 15) is 22.9 Å². The molecule has 0 radical (unpaired) electrons. The number of anilines is 1. The first-order valence-corrected chi connectivity index (χ1v) is 7.38. The number of nitro benzene ring substituents is 1. The minimum Gasteiger partial charge on any atom is -0.387 e. The lowest BCUT2D eigenvalue weighted by atomic mass is 10.2. The molecule has 8 nitrogen and oxygen atoms in total. The molecule has 0 spiro atoms. The van der Waals surface area contributed by atoms with E-state index >= 15 is 0 Å². The number of halogens is 1. The number of benzene rings is 1. The summed E-state index contributed by atoms with van der Waals surface area (Å²) >= 11 is 0. The van der Waals surface area contributed by atoms with Gasteiger partial charge in [0.25, 0.3) is 5.69 Å². The molecule has 0 fully saturated rings. The molecule has 1 unspecified atom stereocenters. The van der Waals surface area contributed by atoms with E-state index in [1.807, 2.05) is 0 Å². The fourth-order valence-electron chi connectivity index (χ4n) is 1.75. The predicted octanol–water partition coefficient (Wildman–Crippen LogP) is 1.09. The average Bonchev–Trinajstić information content (AvgIpc) is 2.36. The predicted molar refractivity (Wildman–Crippen MR) is 74.3 cm³/mol. The molecule has 1 aromatic carbocycles. The van der Waals surface area contributed by atoms with Gasteiger partial charge in [-0.25, -0.2) is 17.5 Å². The Morgan fingerprint density at radius 2 is 2.10 bits per heavy atom. The summed E-state index contributed by atoms with van der Waals surface area (Å²) in [7, 11) is -1.45. The lowest BCUT2D eigenvalue weighted by molar-refractivity contribution is -0.385. The Labute approximate surface area is 121 Å². The van der Waals surface area contributed by atoms with E-state index in [4.69, 9.17) is 4.74 Å². The standard InChI is InChI=1S/C11H16FN3O5S/c1-7(6-20-3)14-21(18,19)11-9(12)4-8(15(16)17)5-10(11)13-2/h4-5,7,13-14H,6H2,1-3H3. The molecule has 0 aromatic heterocycles. The van der Waals surface area contributed by atoms with Crippen LogP contribution in [0.2, 0.25) is 0 Å². The number of ether oxygens (including phenoxy) is 1. The van der Waals surface area contributed by atoms with Crippen molar-refractivity contribution in [1.29, 1.82) is 0 Å². The topological polar surface area (TPSA) is 111 Å². The zero-order valence-corrected chi connectivity index (χ0v) is 12.5. The van der Waals surface area contributed by atoms with Gasteiger partial charge in [-0.15, -0.1) is 0 Å². The van der Waals surface area contributed by atoms with Crippen LogP contribution in [0.25, 0.3) is 0 Å². The largest absolute Gasteiger partial charge is 0.387 e. The monoisotopic (exact) mass is 321 g/mol. The molecule has 1 atom stereocenters. The first-order chi connectivity index (χ1) is 9.72. The summed E-state index contributed by atoms with van der Waals surface area (Å²) in [5, 5.41) is 13.1. The summed E-state index contributed by atoms with van der Waals surface area (Å²) < 4.78 is 45.4. The molecule has 1 rings (SSSR count). The Morgan fingerprint density at radius 3 is 2.57 bits per heavy atom. The summed E-state index contributed by atoms with van der Waals surface area (Å²) in [6, 6.07) is 0.939. The zero-order chi connectivity index (χ0) is 16.2. The Morgan fingerprint density at radius 1 is 1.48 bits per heavy atom. The number of nitrogens with zero attached hydrogens (tertiary/aromatic N) is 1. The van der Waals surface area contributed by atoms with Crippen molar-refractivity contribution in [3.8, 4) is 0 Å². The first-order valence-electron chi connectivity index (χ1n) is 5.90. The molecule has 0 aliphatic heterocycles. The van der Waals surface area contributed by atoms with Gasteiger partial charge in [-0.2, -0.15) is 0 Å². The molecule has 0 aliphatic carbocycles. The number of hydrogen-bond acceptors (Lipinski definition) is 6. The van der Waals surface area contributed by atoms with Crippen molar-refractivity contribution in [2.45, 2.75) is 17.9 Å². The van der Waals surface area contributed by atoms with Crippen molar-refractivity contribution in [3.05, 3.63) is 28.1 Å². The lowest BCUT2D eigenvalue weighted by Gasteiger charge is -2.16. The van der Waals surface area contributed by atoms with Crippen LogP contribution in [-0.2, 0) is 14.8 Å². The maximum atomic E-state index is 14.0. The van der Waals surface area contributed by atoms with Crippen LogP contribution in [0.1, 0.15) is 6.92 Å². The average molecular weight is 321 g/mol. The molecule has 0 saturated carbocycles. The van der Waals surface area contributed by atoms with Crippen LogP contribution in [0.3, 0.4) is 0 Å². The summed E-state index contributed by atoms with van der Waals surface area (Å²) in [6.07, 6.45) is 0. The third-order valence-corrected chi connectivity index (χ3v) is 4.22. The summed E-state index contributed by atoms with van der Waals surface area (Å²) in [5.41, 5.74) is -0.737. The van der Waals surface area contributed by atoms with Crippen molar-refractivity contribution in [2.75, 3.05) is 26.1 Å². The van der Waals surface area contributed by atoms with Crippen LogP contribution in [0.5, 0.6) is 0 Å². The Hall–Kier alpha value is -1.78. The Balaban J connectivity index is 3.32. The van der Waals surface area contributed by atoms with Gasteiger partial charge in [-0.05, 0) is 6.92 Å². The highest BCUT2D eigenvalue weighted by atomic mass is 32.2. The van der Waals surface area contributed by atoms with Gasteiger partial charge in [-0.3, -0.25) is 10.1 Å². The maximum absolute atomic E-state index is 14.0. The third kappa shape index (κ3) is 4.09. The van der Waals surface area contributed by atoms with Crippen molar-refractivity contribution in [1.82, 2.24) is 4.72 Å². The smallest absolute Gasteiger partial charge is 0.274 e. The number of methoxy groups -OCH3 is 1. The van der Waals surface area contributed by atoms with Crippen molar-refractivity contribution < 1.29 is 22.5 Å². The van der Waals surface area contributed by atoms with E-state index in [2.05, 4.69) is 10.0 Å². The molecule has 0 aliphatic rings. The maximum Gasteiger partial charge on any atom is 0.274 e. The molecular formula is C11H16FN3O5S. The lowest BCUT2D eigenvalue weighted by Crippen LogP contribution is -2.36. The van der Waals surface area contributed by atoms with Gasteiger partial charge < -0.3 is 10.1 Å². The quantitative estimate of drug-likeness (QED) is 0.574. The van der Waals surface area contributed by atoms with E-state index in [0.29, 0.717) is 6.07 Å². The second kappa shape index (κ2) is 6.78. The fourth-order valence-corrected chi connectivity index (χ4v) is 3.23. The van der Waals surface area contributed by atoms with E-state index in [-0.39, 0.29) is 12.3 Å². The van der Waals surface area contributed by atoms with Crippen molar-refractivity contribution in [3.63, 3.8) is 0 Å². The van der Waals surface area contributed by atoms with E-state index in [0.717, 1.165) is 6.07 Å². The SMILES string of the molecule is CNc1cc([N+](=O)[O-])cc(F)c1S(=O)(=O)NC(C)COC. The fraction of sp³-hybridized carbons (Fsp3) is 0.455. The van der Waals surface area contributed by atoms with Gasteiger partial charge in [0.2, 0.25) is 10.0 Å². The van der Waals surface area contributed by atoms with Gasteiger partial charge >= 0.3 is 0 Å². The van der Waals surface area contributed by atoms with Crippen LogP contribution in [0.15, 0.2) is 17.0 Å². The van der Waals surface area contributed by atoms with Crippen LogP contribution >= 0.6 is 0 Å². The molecule has 118 valence electrons. The molecule has 21 heavy (non-hydrogen) atoms. The van der Waals surface area contributed by atoms with E-state index < -0.39 is 37.4 Å². The van der Waals surface area contributed by atoms with Crippen LogP contribution in [-0.4, -0.2) is 40.1 Å². The number of sulfonamides is 1. The minimum absolute atomic E-state index is 0.0999. The highest BCUT2D eigenvalue weighted by Crippen LogP contribution is 2.29. The van der Waals surface area contributed by atoms with Gasteiger partial charge in [0, 0.05) is 26.3 Å².